The summed E-state index contributed by atoms with van der Waals surface area (Å²) in [5.41, 5.74) is 0.201. The average molecular weight is 285 g/mol. The van der Waals surface area contributed by atoms with Gasteiger partial charge in [-0.1, -0.05) is 23.2 Å². The van der Waals surface area contributed by atoms with Crippen LogP contribution in [-0.2, 0) is 0 Å². The van der Waals surface area contributed by atoms with Crippen LogP contribution in [0.4, 0.5) is 0 Å². The van der Waals surface area contributed by atoms with E-state index in [0.29, 0.717) is 5.02 Å². The minimum atomic E-state index is -1.24. The number of hydrogen-bond acceptors (Lipinski definition) is 3. The number of aromatic carboxylic acids is 1. The second-order valence-corrected chi connectivity index (χ2v) is 4.27. The minimum absolute atomic E-state index is 0.0865. The molecule has 0 radical (unpaired) electrons. The summed E-state index contributed by atoms with van der Waals surface area (Å²) in [5, 5.41) is 9.28. The number of carbonyl (C=O) groups excluding carboxylic acids is 1. The molecule has 6 heteroatoms. The molecule has 0 aliphatic carbocycles. The molecule has 4 nitrogen and oxygen atoms in total. The molecule has 0 unspecified atom stereocenters. The van der Waals surface area contributed by atoms with Crippen molar-refractivity contribution in [1.82, 2.24) is 0 Å². The third-order valence-corrected chi connectivity index (χ3v) is 2.76. The van der Waals surface area contributed by atoms with E-state index in [2.05, 4.69) is 0 Å². The smallest absolute Gasteiger partial charge is 0.371 e. The molecule has 0 fully saturated rings. The summed E-state index contributed by atoms with van der Waals surface area (Å²) < 4.78 is 4.91. The lowest BCUT2D eigenvalue weighted by molar-refractivity contribution is 0.0660. The van der Waals surface area contributed by atoms with Gasteiger partial charge in [-0.3, -0.25) is 4.79 Å². The lowest BCUT2D eigenvalue weighted by Crippen LogP contribution is -2.01. The second kappa shape index (κ2) is 4.84. The molecule has 0 saturated carbocycles. The molecule has 0 aliphatic rings. The molecule has 1 aromatic carbocycles. The molecule has 0 aliphatic heterocycles. The summed E-state index contributed by atoms with van der Waals surface area (Å²) in [6.45, 7) is 0. The first-order valence-corrected chi connectivity index (χ1v) is 5.57. The standard InChI is InChI=1S/C12H6Cl2O4/c13-6-1-2-7(8(14)5-6)11(15)9-3-4-10(18-9)12(16)17/h1-5H,(H,16,17). The van der Waals surface area contributed by atoms with E-state index in [-0.39, 0.29) is 22.1 Å². The fraction of sp³-hybridized carbons (Fsp3) is 0. The van der Waals surface area contributed by atoms with Crippen molar-refractivity contribution in [3.05, 3.63) is 57.5 Å². The van der Waals surface area contributed by atoms with Crippen molar-refractivity contribution in [3.63, 3.8) is 0 Å². The Kier molecular flexibility index (Phi) is 3.41. The summed E-state index contributed by atoms with van der Waals surface area (Å²) in [6, 6.07) is 6.89. The normalized spacial score (nSPS) is 10.3. The van der Waals surface area contributed by atoms with Crippen LogP contribution >= 0.6 is 23.2 Å². The number of rotatable bonds is 3. The number of carbonyl (C=O) groups is 2. The topological polar surface area (TPSA) is 67.5 Å². The van der Waals surface area contributed by atoms with E-state index >= 15 is 0 Å². The van der Waals surface area contributed by atoms with Crippen molar-refractivity contribution >= 4 is 35.0 Å². The first kappa shape index (κ1) is 12.7. The van der Waals surface area contributed by atoms with Crippen LogP contribution in [0.1, 0.15) is 26.7 Å². The van der Waals surface area contributed by atoms with Gasteiger partial charge in [0.25, 0.3) is 0 Å². The molecule has 0 spiro atoms. The summed E-state index contributed by atoms with van der Waals surface area (Å²) in [6.07, 6.45) is 0. The van der Waals surface area contributed by atoms with Crippen LogP contribution in [0.15, 0.2) is 34.7 Å². The van der Waals surface area contributed by atoms with Gasteiger partial charge in [0.1, 0.15) is 0 Å². The second-order valence-electron chi connectivity index (χ2n) is 3.42. The molecule has 92 valence electrons. The average Bonchev–Trinajstić information content (AvgIpc) is 2.77. The predicted molar refractivity (Wildman–Crippen MR) is 65.6 cm³/mol. The van der Waals surface area contributed by atoms with E-state index in [4.69, 9.17) is 32.7 Å². The lowest BCUT2D eigenvalue weighted by atomic mass is 10.1. The Morgan fingerprint density at radius 2 is 1.72 bits per heavy atom. The van der Waals surface area contributed by atoms with Crippen molar-refractivity contribution < 1.29 is 19.1 Å². The maximum atomic E-state index is 12.0. The van der Waals surface area contributed by atoms with Gasteiger partial charge in [0.15, 0.2) is 5.76 Å². The van der Waals surface area contributed by atoms with E-state index in [1.54, 1.807) is 0 Å². The van der Waals surface area contributed by atoms with Gasteiger partial charge in [0.2, 0.25) is 11.5 Å². The summed E-state index contributed by atoms with van der Waals surface area (Å²) >= 11 is 11.6. The molecule has 1 aromatic heterocycles. The van der Waals surface area contributed by atoms with Crippen molar-refractivity contribution in [2.75, 3.05) is 0 Å². The van der Waals surface area contributed by atoms with Crippen LogP contribution in [0.2, 0.25) is 10.0 Å². The molecule has 0 bridgehead atoms. The monoisotopic (exact) mass is 284 g/mol. The van der Waals surface area contributed by atoms with Crippen LogP contribution in [0.25, 0.3) is 0 Å². The van der Waals surface area contributed by atoms with Crippen molar-refractivity contribution in [2.24, 2.45) is 0 Å². The molecular weight excluding hydrogens is 279 g/mol. The highest BCUT2D eigenvalue weighted by atomic mass is 35.5. The maximum Gasteiger partial charge on any atom is 0.371 e. The highest BCUT2D eigenvalue weighted by Gasteiger charge is 2.18. The Hall–Kier alpha value is -1.78. The third kappa shape index (κ3) is 2.39. The zero-order valence-electron chi connectivity index (χ0n) is 8.81. The summed E-state index contributed by atoms with van der Waals surface area (Å²) in [7, 11) is 0. The van der Waals surface area contributed by atoms with Crippen LogP contribution in [0.5, 0.6) is 0 Å². The molecule has 0 atom stereocenters. The van der Waals surface area contributed by atoms with Crippen LogP contribution in [0, 0.1) is 0 Å². The summed E-state index contributed by atoms with van der Waals surface area (Å²) in [5.74, 6) is -2.12. The molecule has 2 aromatic rings. The largest absolute Gasteiger partial charge is 0.475 e. The van der Waals surface area contributed by atoms with Gasteiger partial charge in [-0.25, -0.2) is 4.79 Å². The van der Waals surface area contributed by atoms with Gasteiger partial charge in [-0.2, -0.15) is 0 Å². The molecule has 18 heavy (non-hydrogen) atoms. The zero-order chi connectivity index (χ0) is 13.3. The first-order valence-electron chi connectivity index (χ1n) is 4.82. The number of carboxylic acid groups (broad SMARTS) is 1. The Bertz CT molecular complexity index is 631. The highest BCUT2D eigenvalue weighted by molar-refractivity contribution is 6.37. The Labute approximate surface area is 112 Å². The summed E-state index contributed by atoms with van der Waals surface area (Å²) in [4.78, 5) is 22.6. The van der Waals surface area contributed by atoms with Gasteiger partial charge in [0, 0.05) is 10.6 Å². The van der Waals surface area contributed by atoms with Crippen LogP contribution in [0.3, 0.4) is 0 Å². The minimum Gasteiger partial charge on any atom is -0.475 e. The highest BCUT2D eigenvalue weighted by Crippen LogP contribution is 2.24. The van der Waals surface area contributed by atoms with Gasteiger partial charge >= 0.3 is 5.97 Å². The zero-order valence-corrected chi connectivity index (χ0v) is 10.3. The van der Waals surface area contributed by atoms with E-state index in [1.165, 1.54) is 30.3 Å². The molecule has 1 heterocycles. The fourth-order valence-electron chi connectivity index (χ4n) is 1.38. The molecular formula is C12H6Cl2O4. The third-order valence-electron chi connectivity index (χ3n) is 2.22. The molecule has 1 N–H and O–H groups in total. The van der Waals surface area contributed by atoms with Gasteiger partial charge < -0.3 is 9.52 Å². The van der Waals surface area contributed by atoms with Crippen LogP contribution in [-0.4, -0.2) is 16.9 Å². The predicted octanol–water partition coefficient (Wildman–Crippen LogP) is 3.52. The molecule has 2 rings (SSSR count). The van der Waals surface area contributed by atoms with E-state index in [0.717, 1.165) is 0 Å². The maximum absolute atomic E-state index is 12.0. The Morgan fingerprint density at radius 1 is 1.06 bits per heavy atom. The fourth-order valence-corrected chi connectivity index (χ4v) is 1.88. The number of hydrogen-bond donors (Lipinski definition) is 1. The van der Waals surface area contributed by atoms with Crippen molar-refractivity contribution in [2.45, 2.75) is 0 Å². The molecule has 0 amide bonds. The van der Waals surface area contributed by atoms with Gasteiger partial charge in [-0.05, 0) is 30.3 Å². The van der Waals surface area contributed by atoms with Gasteiger partial charge in [0.05, 0.1) is 5.02 Å². The SMILES string of the molecule is O=C(O)c1ccc(C(=O)c2ccc(Cl)cc2Cl)o1. The number of carboxylic acids is 1. The quantitative estimate of drug-likeness (QED) is 0.876. The number of benzene rings is 1. The Balaban J connectivity index is 2.38. The number of ketones is 1. The van der Waals surface area contributed by atoms with E-state index in [9.17, 15) is 9.59 Å². The number of furan rings is 1. The lowest BCUT2D eigenvalue weighted by Gasteiger charge is -2.01. The molecule has 0 saturated heterocycles. The van der Waals surface area contributed by atoms with E-state index < -0.39 is 11.8 Å². The van der Waals surface area contributed by atoms with Crippen molar-refractivity contribution in [1.29, 1.82) is 0 Å². The van der Waals surface area contributed by atoms with E-state index in [1.807, 2.05) is 0 Å². The number of halogens is 2. The van der Waals surface area contributed by atoms with Crippen LogP contribution < -0.4 is 0 Å². The first-order chi connectivity index (χ1) is 8.49. The Morgan fingerprint density at radius 3 is 2.28 bits per heavy atom. The van der Waals surface area contributed by atoms with Gasteiger partial charge in [-0.15, -0.1) is 0 Å². The van der Waals surface area contributed by atoms with Crippen molar-refractivity contribution in [3.8, 4) is 0 Å².